The SMILES string of the molecule is NC(=O)c1ccc(N2CCNCC2C(=O)O)cc1Br. The van der Waals surface area contributed by atoms with Crippen LogP contribution >= 0.6 is 15.9 Å². The fourth-order valence-electron chi connectivity index (χ4n) is 2.12. The van der Waals surface area contributed by atoms with Crippen molar-refractivity contribution in [3.05, 3.63) is 28.2 Å². The quantitative estimate of drug-likeness (QED) is 0.747. The van der Waals surface area contributed by atoms with Crippen LogP contribution in [0, 0.1) is 0 Å². The van der Waals surface area contributed by atoms with E-state index >= 15 is 0 Å². The molecule has 0 spiro atoms. The maximum atomic E-state index is 11.2. The monoisotopic (exact) mass is 327 g/mol. The molecule has 19 heavy (non-hydrogen) atoms. The van der Waals surface area contributed by atoms with E-state index in [1.165, 1.54) is 0 Å². The molecule has 1 unspecified atom stereocenters. The molecule has 0 aromatic heterocycles. The first-order chi connectivity index (χ1) is 9.00. The van der Waals surface area contributed by atoms with Gasteiger partial charge in [-0.15, -0.1) is 0 Å². The van der Waals surface area contributed by atoms with E-state index < -0.39 is 17.9 Å². The zero-order chi connectivity index (χ0) is 14.0. The number of piperazine rings is 1. The standard InChI is InChI=1S/C12H14BrN3O3/c13-9-5-7(1-2-8(9)11(14)17)16-4-3-15-6-10(16)12(18)19/h1-2,5,10,15H,3-4,6H2,(H2,14,17)(H,18,19). The van der Waals surface area contributed by atoms with Gasteiger partial charge in [0, 0.05) is 29.8 Å². The van der Waals surface area contributed by atoms with Gasteiger partial charge in [0.2, 0.25) is 5.91 Å². The number of rotatable bonds is 3. The minimum absolute atomic E-state index is 0.380. The van der Waals surface area contributed by atoms with Gasteiger partial charge in [0.1, 0.15) is 6.04 Å². The van der Waals surface area contributed by atoms with Gasteiger partial charge in [-0.05, 0) is 34.1 Å². The lowest BCUT2D eigenvalue weighted by Gasteiger charge is -2.35. The Morgan fingerprint density at radius 3 is 2.79 bits per heavy atom. The van der Waals surface area contributed by atoms with Gasteiger partial charge in [0.15, 0.2) is 0 Å². The van der Waals surface area contributed by atoms with Crippen molar-refractivity contribution in [2.75, 3.05) is 24.5 Å². The number of amides is 1. The number of nitrogens with zero attached hydrogens (tertiary/aromatic N) is 1. The van der Waals surface area contributed by atoms with Crippen LogP contribution in [0.2, 0.25) is 0 Å². The van der Waals surface area contributed by atoms with E-state index in [1.54, 1.807) is 23.1 Å². The van der Waals surface area contributed by atoms with E-state index in [1.807, 2.05) is 0 Å². The van der Waals surface area contributed by atoms with Crippen molar-refractivity contribution in [2.24, 2.45) is 5.73 Å². The van der Waals surface area contributed by atoms with E-state index in [0.29, 0.717) is 23.1 Å². The lowest BCUT2D eigenvalue weighted by Crippen LogP contribution is -2.55. The Bertz CT molecular complexity index is 521. The Labute approximate surface area is 118 Å². The number of anilines is 1. The van der Waals surface area contributed by atoms with Crippen molar-refractivity contribution in [3.63, 3.8) is 0 Å². The van der Waals surface area contributed by atoms with Crippen molar-refractivity contribution in [2.45, 2.75) is 6.04 Å². The molecule has 4 N–H and O–H groups in total. The normalized spacial score (nSPS) is 19.2. The van der Waals surface area contributed by atoms with E-state index in [0.717, 1.165) is 12.2 Å². The third-order valence-corrected chi connectivity index (χ3v) is 3.73. The summed E-state index contributed by atoms with van der Waals surface area (Å²) in [7, 11) is 0. The zero-order valence-corrected chi connectivity index (χ0v) is 11.7. The van der Waals surface area contributed by atoms with Crippen molar-refractivity contribution in [3.8, 4) is 0 Å². The molecule has 1 aliphatic rings. The van der Waals surface area contributed by atoms with E-state index in [-0.39, 0.29) is 0 Å². The number of hydrogen-bond donors (Lipinski definition) is 3. The highest BCUT2D eigenvalue weighted by atomic mass is 79.9. The molecular weight excluding hydrogens is 314 g/mol. The van der Waals surface area contributed by atoms with E-state index in [9.17, 15) is 14.7 Å². The molecule has 1 aromatic rings. The fourth-order valence-corrected chi connectivity index (χ4v) is 2.68. The topological polar surface area (TPSA) is 95.7 Å². The van der Waals surface area contributed by atoms with E-state index in [2.05, 4.69) is 21.2 Å². The molecule has 1 saturated heterocycles. The molecule has 7 heteroatoms. The number of carbonyl (C=O) groups excluding carboxylic acids is 1. The van der Waals surface area contributed by atoms with Gasteiger partial charge in [0.05, 0.1) is 5.56 Å². The minimum atomic E-state index is -0.873. The Balaban J connectivity index is 2.32. The Hall–Kier alpha value is -1.60. The maximum Gasteiger partial charge on any atom is 0.327 e. The second-order valence-corrected chi connectivity index (χ2v) is 5.13. The van der Waals surface area contributed by atoms with Crippen LogP contribution in [0.1, 0.15) is 10.4 Å². The van der Waals surface area contributed by atoms with Crippen LogP contribution in [-0.2, 0) is 4.79 Å². The molecular formula is C12H14BrN3O3. The average molecular weight is 328 g/mol. The lowest BCUT2D eigenvalue weighted by molar-refractivity contribution is -0.138. The highest BCUT2D eigenvalue weighted by Gasteiger charge is 2.28. The summed E-state index contributed by atoms with van der Waals surface area (Å²) >= 11 is 3.28. The summed E-state index contributed by atoms with van der Waals surface area (Å²) in [4.78, 5) is 24.2. The number of halogens is 1. The fraction of sp³-hybridized carbons (Fsp3) is 0.333. The molecule has 102 valence electrons. The van der Waals surface area contributed by atoms with Gasteiger partial charge in [0.25, 0.3) is 0 Å². The number of carbonyl (C=O) groups is 2. The van der Waals surface area contributed by atoms with Crippen molar-refractivity contribution in [1.29, 1.82) is 0 Å². The molecule has 2 rings (SSSR count). The molecule has 1 amide bonds. The van der Waals surface area contributed by atoms with Crippen LogP contribution in [0.15, 0.2) is 22.7 Å². The predicted molar refractivity (Wildman–Crippen MR) is 74.3 cm³/mol. The number of nitrogens with one attached hydrogen (secondary N) is 1. The highest BCUT2D eigenvalue weighted by Crippen LogP contribution is 2.26. The maximum absolute atomic E-state index is 11.2. The first-order valence-electron chi connectivity index (χ1n) is 5.80. The minimum Gasteiger partial charge on any atom is -0.480 e. The summed E-state index contributed by atoms with van der Waals surface area (Å²) in [6.45, 7) is 1.71. The van der Waals surface area contributed by atoms with Crippen LogP contribution < -0.4 is 16.0 Å². The number of hydrogen-bond acceptors (Lipinski definition) is 4. The molecule has 1 atom stereocenters. The molecule has 1 aromatic carbocycles. The molecule has 6 nitrogen and oxygen atoms in total. The molecule has 0 saturated carbocycles. The summed E-state index contributed by atoms with van der Waals surface area (Å²) in [5.74, 6) is -1.39. The van der Waals surface area contributed by atoms with Gasteiger partial charge < -0.3 is 21.1 Å². The molecule has 1 aliphatic heterocycles. The molecule has 1 heterocycles. The van der Waals surface area contributed by atoms with Crippen LogP contribution in [0.4, 0.5) is 5.69 Å². The van der Waals surface area contributed by atoms with Crippen LogP contribution in [-0.4, -0.2) is 42.7 Å². The number of benzene rings is 1. The second kappa shape index (κ2) is 5.58. The van der Waals surface area contributed by atoms with Gasteiger partial charge in [-0.1, -0.05) is 0 Å². The average Bonchev–Trinajstić information content (AvgIpc) is 2.38. The predicted octanol–water partition coefficient (Wildman–Crippen LogP) is 0.411. The smallest absolute Gasteiger partial charge is 0.327 e. The first kappa shape index (κ1) is 13.8. The number of primary amides is 1. The number of carboxylic acid groups (broad SMARTS) is 1. The van der Waals surface area contributed by atoms with Crippen LogP contribution in [0.3, 0.4) is 0 Å². The second-order valence-electron chi connectivity index (χ2n) is 4.28. The lowest BCUT2D eigenvalue weighted by atomic mass is 10.1. The number of carboxylic acids is 1. The first-order valence-corrected chi connectivity index (χ1v) is 6.59. The summed E-state index contributed by atoms with van der Waals surface area (Å²) in [5.41, 5.74) is 6.37. The van der Waals surface area contributed by atoms with Crippen LogP contribution in [0.25, 0.3) is 0 Å². The zero-order valence-electron chi connectivity index (χ0n) is 10.1. The number of aliphatic carboxylic acids is 1. The molecule has 0 radical (unpaired) electrons. The summed E-state index contributed by atoms with van der Waals surface area (Å²) < 4.78 is 0.570. The van der Waals surface area contributed by atoms with E-state index in [4.69, 9.17) is 5.73 Å². The molecule has 0 bridgehead atoms. The van der Waals surface area contributed by atoms with Gasteiger partial charge in [-0.2, -0.15) is 0 Å². The van der Waals surface area contributed by atoms with Gasteiger partial charge in [-0.25, -0.2) is 4.79 Å². The molecule has 1 fully saturated rings. The van der Waals surface area contributed by atoms with Gasteiger partial charge >= 0.3 is 5.97 Å². The third-order valence-electron chi connectivity index (χ3n) is 3.08. The Kier molecular flexibility index (Phi) is 4.06. The third kappa shape index (κ3) is 2.87. The van der Waals surface area contributed by atoms with Gasteiger partial charge in [-0.3, -0.25) is 4.79 Å². The van der Waals surface area contributed by atoms with Crippen molar-refractivity contribution < 1.29 is 14.7 Å². The molecule has 0 aliphatic carbocycles. The Morgan fingerprint density at radius 1 is 1.47 bits per heavy atom. The summed E-state index contributed by atoms with van der Waals surface area (Å²) in [6, 6.07) is 4.43. The highest BCUT2D eigenvalue weighted by molar-refractivity contribution is 9.10. The summed E-state index contributed by atoms with van der Waals surface area (Å²) in [6.07, 6.45) is 0. The Morgan fingerprint density at radius 2 is 2.21 bits per heavy atom. The van der Waals surface area contributed by atoms with Crippen molar-refractivity contribution >= 4 is 33.5 Å². The van der Waals surface area contributed by atoms with Crippen molar-refractivity contribution in [1.82, 2.24) is 5.32 Å². The number of nitrogens with two attached hydrogens (primary N) is 1. The van der Waals surface area contributed by atoms with Crippen LogP contribution in [0.5, 0.6) is 0 Å². The summed E-state index contributed by atoms with van der Waals surface area (Å²) in [5, 5.41) is 12.3. The largest absolute Gasteiger partial charge is 0.480 e.